The highest BCUT2D eigenvalue weighted by Crippen LogP contribution is 2.21. The van der Waals surface area contributed by atoms with Crippen molar-refractivity contribution in [2.45, 2.75) is 25.2 Å². The van der Waals surface area contributed by atoms with E-state index in [4.69, 9.17) is 0 Å². The van der Waals surface area contributed by atoms with E-state index in [2.05, 4.69) is 9.62 Å². The fraction of sp³-hybridized carbons (Fsp3) is 0.381. The number of nitrogens with zero attached hydrogens (tertiary/aromatic N) is 2. The van der Waals surface area contributed by atoms with Gasteiger partial charge in [0.1, 0.15) is 0 Å². The second-order valence-corrected chi connectivity index (χ2v) is 9.08. The lowest BCUT2D eigenvalue weighted by atomic mass is 10.1. The van der Waals surface area contributed by atoms with Crippen molar-refractivity contribution < 1.29 is 13.2 Å². The van der Waals surface area contributed by atoms with Crippen LogP contribution >= 0.6 is 0 Å². The third-order valence-corrected chi connectivity index (χ3v) is 6.41. The molecular formula is C21H27N3O3S. The van der Waals surface area contributed by atoms with Gasteiger partial charge in [0.05, 0.1) is 4.90 Å². The topological polar surface area (TPSA) is 69.7 Å². The first-order valence-electron chi connectivity index (χ1n) is 9.44. The van der Waals surface area contributed by atoms with Gasteiger partial charge in [-0.15, -0.1) is 0 Å². The summed E-state index contributed by atoms with van der Waals surface area (Å²) in [6.07, 6.45) is 0.911. The highest BCUT2D eigenvalue weighted by atomic mass is 32.2. The Labute approximate surface area is 167 Å². The van der Waals surface area contributed by atoms with Crippen LogP contribution in [0.1, 0.15) is 27.9 Å². The minimum Gasteiger partial charge on any atom is -0.337 e. The summed E-state index contributed by atoms with van der Waals surface area (Å²) < 4.78 is 28.3. The number of nitrogens with one attached hydrogen (secondary N) is 1. The Morgan fingerprint density at radius 2 is 1.79 bits per heavy atom. The second-order valence-electron chi connectivity index (χ2n) is 7.40. The van der Waals surface area contributed by atoms with Gasteiger partial charge in [-0.3, -0.25) is 9.52 Å². The molecule has 0 radical (unpaired) electrons. The van der Waals surface area contributed by atoms with Crippen LogP contribution in [0.5, 0.6) is 0 Å². The van der Waals surface area contributed by atoms with Crippen molar-refractivity contribution in [1.29, 1.82) is 0 Å². The quantitative estimate of drug-likeness (QED) is 0.855. The summed E-state index contributed by atoms with van der Waals surface area (Å²) in [4.78, 5) is 17.2. The van der Waals surface area contributed by atoms with Gasteiger partial charge in [-0.25, -0.2) is 8.42 Å². The zero-order chi connectivity index (χ0) is 20.3. The van der Waals surface area contributed by atoms with Crippen molar-refractivity contribution >= 4 is 21.6 Å². The molecule has 3 rings (SSSR count). The van der Waals surface area contributed by atoms with E-state index in [9.17, 15) is 13.2 Å². The zero-order valence-corrected chi connectivity index (χ0v) is 17.4. The average Bonchev–Trinajstić information content (AvgIpc) is 2.85. The van der Waals surface area contributed by atoms with Crippen molar-refractivity contribution in [1.82, 2.24) is 9.80 Å². The van der Waals surface area contributed by atoms with Crippen LogP contribution in [0.4, 0.5) is 5.69 Å². The number of carbonyl (C=O) groups is 1. The molecule has 0 bridgehead atoms. The Morgan fingerprint density at radius 3 is 2.54 bits per heavy atom. The summed E-state index contributed by atoms with van der Waals surface area (Å²) in [6.45, 7) is 6.84. The molecule has 0 saturated carbocycles. The predicted octanol–water partition coefficient (Wildman–Crippen LogP) is 2.88. The van der Waals surface area contributed by atoms with Crippen LogP contribution in [-0.4, -0.2) is 57.4 Å². The molecule has 1 heterocycles. The number of carbonyl (C=O) groups excluding carboxylic acids is 1. The van der Waals surface area contributed by atoms with Gasteiger partial charge in [-0.05, 0) is 69.3 Å². The van der Waals surface area contributed by atoms with Gasteiger partial charge >= 0.3 is 0 Å². The number of rotatable bonds is 4. The lowest BCUT2D eigenvalue weighted by Crippen LogP contribution is -2.35. The molecule has 6 nitrogen and oxygen atoms in total. The van der Waals surface area contributed by atoms with Crippen molar-refractivity contribution in [2.24, 2.45) is 0 Å². The molecule has 2 aromatic carbocycles. The van der Waals surface area contributed by atoms with E-state index < -0.39 is 10.0 Å². The van der Waals surface area contributed by atoms with Gasteiger partial charge in [0.25, 0.3) is 15.9 Å². The Morgan fingerprint density at radius 1 is 1.00 bits per heavy atom. The molecule has 7 heteroatoms. The molecular weight excluding hydrogens is 374 g/mol. The van der Waals surface area contributed by atoms with Gasteiger partial charge in [0.15, 0.2) is 0 Å². The molecule has 0 atom stereocenters. The molecule has 0 aliphatic carbocycles. The molecule has 0 spiro atoms. The number of sulfonamides is 1. The molecule has 150 valence electrons. The molecule has 0 unspecified atom stereocenters. The summed E-state index contributed by atoms with van der Waals surface area (Å²) in [7, 11) is -1.73. The predicted molar refractivity (Wildman–Crippen MR) is 111 cm³/mol. The summed E-state index contributed by atoms with van der Waals surface area (Å²) in [5.41, 5.74) is 2.68. The first kappa shape index (κ1) is 20.4. The van der Waals surface area contributed by atoms with Gasteiger partial charge in [-0.1, -0.05) is 18.2 Å². The average molecular weight is 402 g/mol. The van der Waals surface area contributed by atoms with Crippen LogP contribution in [0.25, 0.3) is 0 Å². The number of likely N-dealkylation sites (N-methyl/N-ethyl adjacent to an activating group) is 1. The molecule has 2 aromatic rings. The highest BCUT2D eigenvalue weighted by molar-refractivity contribution is 7.92. The normalized spacial score (nSPS) is 15.9. The first-order valence-corrected chi connectivity index (χ1v) is 10.9. The summed E-state index contributed by atoms with van der Waals surface area (Å²) in [5, 5.41) is 0. The van der Waals surface area contributed by atoms with Crippen molar-refractivity contribution in [3.63, 3.8) is 0 Å². The van der Waals surface area contributed by atoms with Crippen LogP contribution in [0, 0.1) is 13.8 Å². The molecule has 1 saturated heterocycles. The van der Waals surface area contributed by atoms with Crippen LogP contribution in [0.15, 0.2) is 47.4 Å². The molecule has 0 aromatic heterocycles. The summed E-state index contributed by atoms with van der Waals surface area (Å²) in [5.74, 6) is -0.111. The minimum atomic E-state index is -3.78. The largest absolute Gasteiger partial charge is 0.337 e. The molecule has 28 heavy (non-hydrogen) atoms. The lowest BCUT2D eigenvalue weighted by Gasteiger charge is -2.22. The zero-order valence-electron chi connectivity index (χ0n) is 16.6. The van der Waals surface area contributed by atoms with Crippen molar-refractivity contribution in [2.75, 3.05) is 37.9 Å². The Kier molecular flexibility index (Phi) is 6.05. The fourth-order valence-corrected chi connectivity index (χ4v) is 4.42. The minimum absolute atomic E-state index is 0.0925. The molecule has 1 amide bonds. The van der Waals surface area contributed by atoms with Gasteiger partial charge in [-0.2, -0.15) is 0 Å². The van der Waals surface area contributed by atoms with E-state index >= 15 is 0 Å². The maximum absolute atomic E-state index is 13.1. The molecule has 1 fully saturated rings. The number of benzene rings is 2. The van der Waals surface area contributed by atoms with Crippen LogP contribution < -0.4 is 4.72 Å². The maximum Gasteiger partial charge on any atom is 0.261 e. The summed E-state index contributed by atoms with van der Waals surface area (Å²) in [6, 6.07) is 11.9. The van der Waals surface area contributed by atoms with Gasteiger partial charge < -0.3 is 9.80 Å². The van der Waals surface area contributed by atoms with Crippen molar-refractivity contribution in [3.05, 3.63) is 59.2 Å². The number of anilines is 1. The van der Waals surface area contributed by atoms with Crippen LogP contribution in [0.2, 0.25) is 0 Å². The van der Waals surface area contributed by atoms with E-state index in [1.165, 1.54) is 6.07 Å². The van der Waals surface area contributed by atoms with E-state index in [0.29, 0.717) is 24.3 Å². The van der Waals surface area contributed by atoms with Crippen LogP contribution in [-0.2, 0) is 10.0 Å². The van der Waals surface area contributed by atoms with E-state index in [-0.39, 0.29) is 10.8 Å². The summed E-state index contributed by atoms with van der Waals surface area (Å²) >= 11 is 0. The highest BCUT2D eigenvalue weighted by Gasteiger charge is 2.23. The SMILES string of the molecule is Cc1cccc(NS(=O)(=O)c2ccc(C)c(C(=O)N3CCCN(C)CC3)c2)c1. The maximum atomic E-state index is 13.1. The van der Waals surface area contributed by atoms with Crippen molar-refractivity contribution in [3.8, 4) is 0 Å². The Bertz CT molecular complexity index is 973. The number of hydrogen-bond donors (Lipinski definition) is 1. The van der Waals surface area contributed by atoms with E-state index in [0.717, 1.165) is 30.6 Å². The Hall–Kier alpha value is -2.38. The van der Waals surface area contributed by atoms with E-state index in [1.54, 1.807) is 30.3 Å². The third kappa shape index (κ3) is 4.72. The molecule has 1 N–H and O–H groups in total. The fourth-order valence-electron chi connectivity index (χ4n) is 3.34. The van der Waals surface area contributed by atoms with Gasteiger partial charge in [0, 0.05) is 30.9 Å². The Balaban J connectivity index is 1.87. The third-order valence-electron chi connectivity index (χ3n) is 5.03. The number of aryl methyl sites for hydroxylation is 2. The number of hydrogen-bond acceptors (Lipinski definition) is 4. The standard InChI is InChI=1S/C21H27N3O3S/c1-16-6-4-7-18(14-16)22-28(26,27)19-9-8-17(2)20(15-19)21(25)24-11-5-10-23(3)12-13-24/h4,6-9,14-15,22H,5,10-13H2,1-3H3. The van der Waals surface area contributed by atoms with Crippen LogP contribution in [0.3, 0.4) is 0 Å². The monoisotopic (exact) mass is 401 g/mol. The van der Waals surface area contributed by atoms with E-state index in [1.807, 2.05) is 31.9 Å². The van der Waals surface area contributed by atoms with Gasteiger partial charge in [0.2, 0.25) is 0 Å². The lowest BCUT2D eigenvalue weighted by molar-refractivity contribution is 0.0762. The molecule has 1 aliphatic rings. The smallest absolute Gasteiger partial charge is 0.261 e. The molecule has 1 aliphatic heterocycles. The second kappa shape index (κ2) is 8.32. The first-order chi connectivity index (χ1) is 13.3. The number of amides is 1.